The Morgan fingerprint density at radius 1 is 1.18 bits per heavy atom. The van der Waals surface area contributed by atoms with E-state index in [4.69, 9.17) is 27.9 Å². The molecule has 2 aromatic rings. The summed E-state index contributed by atoms with van der Waals surface area (Å²) >= 11 is 12.1. The summed E-state index contributed by atoms with van der Waals surface area (Å²) < 4.78 is 19.6. The molecule has 0 amide bonds. The normalized spacial score (nSPS) is 13.7. The molecule has 0 bridgehead atoms. The average Bonchev–Trinajstić information content (AvgIpc) is 3.02. The van der Waals surface area contributed by atoms with Gasteiger partial charge in [0.1, 0.15) is 12.4 Å². The summed E-state index contributed by atoms with van der Waals surface area (Å²) in [4.78, 5) is 4.26. The second-order valence-corrected chi connectivity index (χ2v) is 5.61. The molecule has 0 atom stereocenters. The first-order chi connectivity index (χ1) is 10.6. The number of benzene rings is 2. The van der Waals surface area contributed by atoms with Gasteiger partial charge in [-0.05, 0) is 30.3 Å². The van der Waals surface area contributed by atoms with Gasteiger partial charge in [-0.2, -0.15) is 0 Å². The van der Waals surface area contributed by atoms with Crippen molar-refractivity contribution < 1.29 is 9.13 Å². The Morgan fingerprint density at radius 2 is 1.95 bits per heavy atom. The lowest BCUT2D eigenvalue weighted by Crippen LogP contribution is -2.19. The fourth-order valence-corrected chi connectivity index (χ4v) is 2.68. The summed E-state index contributed by atoms with van der Waals surface area (Å²) in [6.45, 7) is 1.59. The molecule has 1 aliphatic rings. The third kappa shape index (κ3) is 3.18. The maximum Gasteiger partial charge on any atom is 0.165 e. The zero-order chi connectivity index (χ0) is 15.5. The Labute approximate surface area is 137 Å². The van der Waals surface area contributed by atoms with E-state index in [9.17, 15) is 4.39 Å². The molecule has 6 heteroatoms. The molecular weight excluding hydrogens is 326 g/mol. The van der Waals surface area contributed by atoms with E-state index >= 15 is 0 Å². The highest BCUT2D eigenvalue weighted by atomic mass is 35.5. The predicted octanol–water partition coefficient (Wildman–Crippen LogP) is 4.06. The molecule has 0 aliphatic carbocycles. The molecule has 114 valence electrons. The third-order valence-corrected chi connectivity index (χ3v) is 4.02. The molecule has 0 saturated heterocycles. The highest BCUT2D eigenvalue weighted by Gasteiger charge is 2.13. The minimum absolute atomic E-state index is 0.105. The van der Waals surface area contributed by atoms with Crippen LogP contribution in [0.3, 0.4) is 0 Å². The van der Waals surface area contributed by atoms with Crippen molar-refractivity contribution in [2.24, 2.45) is 4.99 Å². The molecule has 3 rings (SSSR count). The van der Waals surface area contributed by atoms with Crippen molar-refractivity contribution in [1.29, 1.82) is 0 Å². The first-order valence-corrected chi connectivity index (χ1v) is 7.54. The van der Waals surface area contributed by atoms with Gasteiger partial charge >= 0.3 is 0 Å². The minimum Gasteiger partial charge on any atom is -0.486 e. The Balaban J connectivity index is 1.76. The smallest absolute Gasteiger partial charge is 0.165 e. The fraction of sp³-hybridized carbons (Fsp3) is 0.188. The van der Waals surface area contributed by atoms with Crippen molar-refractivity contribution in [3.8, 4) is 5.75 Å². The second kappa shape index (κ2) is 6.55. The lowest BCUT2D eigenvalue weighted by Gasteiger charge is -2.11. The van der Waals surface area contributed by atoms with Crippen LogP contribution in [0, 0.1) is 5.82 Å². The first-order valence-electron chi connectivity index (χ1n) is 6.79. The first kappa shape index (κ1) is 15.1. The summed E-state index contributed by atoms with van der Waals surface area (Å²) in [7, 11) is 0. The average molecular weight is 339 g/mol. The van der Waals surface area contributed by atoms with Gasteiger partial charge in [0.15, 0.2) is 11.6 Å². The van der Waals surface area contributed by atoms with Crippen LogP contribution in [0.25, 0.3) is 0 Å². The molecule has 0 aromatic heterocycles. The number of aliphatic imine (C=N–C) groups is 1. The zero-order valence-corrected chi connectivity index (χ0v) is 13.1. The number of halogens is 3. The monoisotopic (exact) mass is 338 g/mol. The summed E-state index contributed by atoms with van der Waals surface area (Å²) in [5.74, 6) is 0.412. The summed E-state index contributed by atoms with van der Waals surface area (Å²) in [5, 5.41) is 4.09. The lowest BCUT2D eigenvalue weighted by atomic mass is 10.2. The van der Waals surface area contributed by atoms with Crippen LogP contribution in [0.2, 0.25) is 10.0 Å². The molecule has 2 aromatic carbocycles. The number of nitrogens with zero attached hydrogens (tertiary/aromatic N) is 1. The standard InChI is InChI=1S/C16H13Cl2FN2O/c17-12-2-1-3-13(18)11(12)9-22-15-5-4-10(8-14(15)19)16-20-6-7-21-16/h1-5,8H,6-7,9H2,(H,20,21). The van der Waals surface area contributed by atoms with E-state index in [-0.39, 0.29) is 12.4 Å². The van der Waals surface area contributed by atoms with Crippen LogP contribution in [0.1, 0.15) is 11.1 Å². The van der Waals surface area contributed by atoms with E-state index in [0.29, 0.717) is 33.6 Å². The Kier molecular flexibility index (Phi) is 4.50. The lowest BCUT2D eigenvalue weighted by molar-refractivity contribution is 0.290. The summed E-state index contributed by atoms with van der Waals surface area (Å²) in [6, 6.07) is 9.94. The largest absolute Gasteiger partial charge is 0.486 e. The predicted molar refractivity (Wildman–Crippen MR) is 86.6 cm³/mol. The molecular formula is C16H13Cl2FN2O. The van der Waals surface area contributed by atoms with Gasteiger partial charge in [-0.3, -0.25) is 4.99 Å². The molecule has 0 unspecified atom stereocenters. The van der Waals surface area contributed by atoms with Crippen LogP contribution in [-0.4, -0.2) is 18.9 Å². The number of ether oxygens (including phenoxy) is 1. The van der Waals surface area contributed by atoms with Crippen molar-refractivity contribution in [2.45, 2.75) is 6.61 Å². The van der Waals surface area contributed by atoms with E-state index in [1.165, 1.54) is 6.07 Å². The van der Waals surface area contributed by atoms with Crippen molar-refractivity contribution in [2.75, 3.05) is 13.1 Å². The molecule has 1 N–H and O–H groups in total. The van der Waals surface area contributed by atoms with Gasteiger partial charge in [-0.15, -0.1) is 0 Å². The number of rotatable bonds is 4. The van der Waals surface area contributed by atoms with Crippen molar-refractivity contribution in [1.82, 2.24) is 5.32 Å². The van der Waals surface area contributed by atoms with Gasteiger partial charge in [0, 0.05) is 27.7 Å². The van der Waals surface area contributed by atoms with Crippen LogP contribution < -0.4 is 10.1 Å². The van der Waals surface area contributed by atoms with Crippen molar-refractivity contribution in [3.63, 3.8) is 0 Å². The van der Waals surface area contributed by atoms with Crippen LogP contribution in [0.15, 0.2) is 41.4 Å². The van der Waals surface area contributed by atoms with E-state index in [1.807, 2.05) is 0 Å². The van der Waals surface area contributed by atoms with E-state index in [0.717, 1.165) is 6.54 Å². The number of amidine groups is 1. The van der Waals surface area contributed by atoms with E-state index < -0.39 is 5.82 Å². The Bertz CT molecular complexity index is 714. The van der Waals surface area contributed by atoms with Gasteiger partial charge in [0.05, 0.1) is 6.54 Å². The van der Waals surface area contributed by atoms with Crippen LogP contribution in [0.4, 0.5) is 4.39 Å². The topological polar surface area (TPSA) is 33.6 Å². The zero-order valence-electron chi connectivity index (χ0n) is 11.6. The van der Waals surface area contributed by atoms with Gasteiger partial charge in [-0.1, -0.05) is 29.3 Å². The molecule has 3 nitrogen and oxygen atoms in total. The van der Waals surface area contributed by atoms with Crippen LogP contribution in [0.5, 0.6) is 5.75 Å². The number of hydrogen-bond acceptors (Lipinski definition) is 3. The highest BCUT2D eigenvalue weighted by molar-refractivity contribution is 6.35. The molecule has 0 saturated carbocycles. The Hall–Kier alpha value is -1.78. The number of hydrogen-bond donors (Lipinski definition) is 1. The number of nitrogens with one attached hydrogen (secondary N) is 1. The van der Waals surface area contributed by atoms with Gasteiger partial charge in [0.2, 0.25) is 0 Å². The maximum absolute atomic E-state index is 14.1. The Morgan fingerprint density at radius 3 is 2.59 bits per heavy atom. The summed E-state index contributed by atoms with van der Waals surface area (Å²) in [5.41, 5.74) is 1.34. The molecule has 1 aliphatic heterocycles. The highest BCUT2D eigenvalue weighted by Crippen LogP contribution is 2.27. The van der Waals surface area contributed by atoms with E-state index in [2.05, 4.69) is 10.3 Å². The SMILES string of the molecule is Fc1cc(C2=NCCN2)ccc1OCc1c(Cl)cccc1Cl. The second-order valence-electron chi connectivity index (χ2n) is 4.79. The molecule has 0 radical (unpaired) electrons. The van der Waals surface area contributed by atoms with Gasteiger partial charge in [-0.25, -0.2) is 4.39 Å². The molecule has 1 heterocycles. The third-order valence-electron chi connectivity index (χ3n) is 3.31. The molecule has 0 spiro atoms. The van der Waals surface area contributed by atoms with Gasteiger partial charge in [0.25, 0.3) is 0 Å². The van der Waals surface area contributed by atoms with Crippen molar-refractivity contribution >= 4 is 29.0 Å². The molecule has 0 fully saturated rings. The quantitative estimate of drug-likeness (QED) is 0.911. The van der Waals surface area contributed by atoms with Crippen LogP contribution >= 0.6 is 23.2 Å². The van der Waals surface area contributed by atoms with Gasteiger partial charge < -0.3 is 10.1 Å². The van der Waals surface area contributed by atoms with Crippen molar-refractivity contribution in [3.05, 3.63) is 63.4 Å². The van der Waals surface area contributed by atoms with Crippen LogP contribution in [-0.2, 0) is 6.61 Å². The minimum atomic E-state index is -0.447. The summed E-state index contributed by atoms with van der Waals surface area (Å²) in [6.07, 6.45) is 0. The maximum atomic E-state index is 14.1. The fourth-order valence-electron chi connectivity index (χ4n) is 2.18. The van der Waals surface area contributed by atoms with E-state index in [1.54, 1.807) is 30.3 Å². The molecule has 22 heavy (non-hydrogen) atoms.